The SMILES string of the molecule is C=Cc1nn(C2CCCCO2)c2c(C)nc(-c3c(C)nn(C)c3O[C@@H](C)CN(C)Cc3c(I)c(C)nn3CCO[Si](C)(C)C(C)(C)C)cc12. The third-order valence-corrected chi connectivity index (χ3v) is 15.9. The highest BCUT2D eigenvalue weighted by Gasteiger charge is 2.37. The second-order valence-electron chi connectivity index (χ2n) is 15.0. The molecule has 1 unspecified atom stereocenters. The van der Waals surface area contributed by atoms with E-state index in [1.807, 2.05) is 36.3 Å². The van der Waals surface area contributed by atoms with Crippen LogP contribution in [0.3, 0.4) is 0 Å². The Bertz CT molecular complexity index is 1800. The predicted molar refractivity (Wildman–Crippen MR) is 207 cm³/mol. The summed E-state index contributed by atoms with van der Waals surface area (Å²) in [6.45, 7) is 27.3. The fourth-order valence-corrected chi connectivity index (χ4v) is 7.97. The molecule has 0 bridgehead atoms. The smallest absolute Gasteiger partial charge is 0.221 e. The molecule has 268 valence electrons. The fourth-order valence-electron chi connectivity index (χ4n) is 6.38. The number of aryl methyl sites for hydroxylation is 4. The van der Waals surface area contributed by atoms with Crippen LogP contribution >= 0.6 is 22.6 Å². The zero-order valence-electron chi connectivity index (χ0n) is 31.4. The van der Waals surface area contributed by atoms with E-state index in [9.17, 15) is 0 Å². The van der Waals surface area contributed by atoms with Gasteiger partial charge in [-0.25, -0.2) is 9.36 Å². The molecule has 1 aliphatic heterocycles. The Kier molecular flexibility index (Phi) is 11.5. The van der Waals surface area contributed by atoms with Gasteiger partial charge in [0.05, 0.1) is 62.0 Å². The van der Waals surface area contributed by atoms with Crippen LogP contribution in [0.15, 0.2) is 12.6 Å². The van der Waals surface area contributed by atoms with E-state index in [-0.39, 0.29) is 17.4 Å². The first kappa shape index (κ1) is 37.7. The number of fused-ring (bicyclic) bond motifs is 1. The molecular formula is C36H55IN8O3Si. The van der Waals surface area contributed by atoms with Crippen LogP contribution in [-0.4, -0.2) is 80.5 Å². The third-order valence-electron chi connectivity index (χ3n) is 9.96. The largest absolute Gasteiger partial charge is 0.473 e. The molecule has 49 heavy (non-hydrogen) atoms. The van der Waals surface area contributed by atoms with Crippen molar-refractivity contribution in [2.75, 3.05) is 26.8 Å². The lowest BCUT2D eigenvalue weighted by molar-refractivity contribution is -0.0368. The van der Waals surface area contributed by atoms with Crippen molar-refractivity contribution in [3.05, 3.63) is 44.7 Å². The lowest BCUT2D eigenvalue weighted by atomic mass is 10.1. The molecule has 4 aromatic rings. The highest BCUT2D eigenvalue weighted by atomic mass is 127. The van der Waals surface area contributed by atoms with E-state index in [1.54, 1.807) is 0 Å². The molecule has 0 aromatic carbocycles. The summed E-state index contributed by atoms with van der Waals surface area (Å²) in [6, 6.07) is 2.10. The first-order chi connectivity index (χ1) is 23.0. The number of ether oxygens (including phenoxy) is 2. The van der Waals surface area contributed by atoms with E-state index in [0.29, 0.717) is 19.0 Å². The van der Waals surface area contributed by atoms with E-state index in [4.69, 9.17) is 34.2 Å². The Morgan fingerprint density at radius 2 is 1.88 bits per heavy atom. The first-order valence-electron chi connectivity index (χ1n) is 17.4. The maximum absolute atomic E-state index is 6.69. The Labute approximate surface area is 306 Å². The van der Waals surface area contributed by atoms with Crippen LogP contribution in [-0.2, 0) is 29.3 Å². The van der Waals surface area contributed by atoms with Gasteiger partial charge in [-0.15, -0.1) is 0 Å². The van der Waals surface area contributed by atoms with Crippen LogP contribution < -0.4 is 4.74 Å². The zero-order chi connectivity index (χ0) is 35.8. The molecule has 0 amide bonds. The van der Waals surface area contributed by atoms with Crippen molar-refractivity contribution < 1.29 is 13.9 Å². The summed E-state index contributed by atoms with van der Waals surface area (Å²) in [5, 5.41) is 15.7. The first-order valence-corrected chi connectivity index (χ1v) is 21.4. The van der Waals surface area contributed by atoms with Gasteiger partial charge in [-0.3, -0.25) is 14.6 Å². The van der Waals surface area contributed by atoms with Gasteiger partial charge in [0.25, 0.3) is 0 Å². The molecule has 5 rings (SSSR count). The van der Waals surface area contributed by atoms with Gasteiger partial charge in [0, 0.05) is 32.1 Å². The van der Waals surface area contributed by atoms with Crippen LogP contribution in [0.1, 0.15) is 81.7 Å². The summed E-state index contributed by atoms with van der Waals surface area (Å²) in [4.78, 5) is 7.39. The summed E-state index contributed by atoms with van der Waals surface area (Å²) >= 11 is 2.43. The normalized spacial score (nSPS) is 16.6. The highest BCUT2D eigenvalue weighted by Crippen LogP contribution is 2.38. The van der Waals surface area contributed by atoms with Crippen molar-refractivity contribution in [2.24, 2.45) is 7.05 Å². The molecule has 1 fully saturated rings. The molecule has 2 atom stereocenters. The van der Waals surface area contributed by atoms with Gasteiger partial charge in [-0.1, -0.05) is 27.4 Å². The van der Waals surface area contributed by atoms with E-state index < -0.39 is 8.32 Å². The predicted octanol–water partition coefficient (Wildman–Crippen LogP) is 7.82. The molecule has 11 nitrogen and oxygen atoms in total. The lowest BCUT2D eigenvalue weighted by Gasteiger charge is -2.36. The van der Waals surface area contributed by atoms with Crippen LogP contribution in [0, 0.1) is 24.3 Å². The van der Waals surface area contributed by atoms with Crippen LogP contribution in [0.5, 0.6) is 5.88 Å². The molecule has 4 aromatic heterocycles. The highest BCUT2D eigenvalue weighted by molar-refractivity contribution is 14.1. The molecule has 0 aliphatic carbocycles. The maximum Gasteiger partial charge on any atom is 0.221 e. The standard InChI is InChI=1S/C36H55IN8O3Si/c1-13-28-27-20-29(38-26(5)34(27)45(41-28)31-16-14-15-18-46-31)32-24(3)39-43(10)35(32)48-23(2)21-42(9)22-30-33(37)25(4)40-44(30)17-19-47-49(11,12)36(6,7)8/h13,20,23,31H,1,14-19,21-22H2,2-12H3/t23-,31?/m0/s1. The second kappa shape index (κ2) is 14.9. The van der Waals surface area contributed by atoms with Gasteiger partial charge in [-0.05, 0) is 107 Å². The van der Waals surface area contributed by atoms with Gasteiger partial charge < -0.3 is 13.9 Å². The van der Waals surface area contributed by atoms with Gasteiger partial charge in [-0.2, -0.15) is 15.3 Å². The quantitative estimate of drug-likeness (QED) is 0.0998. The molecule has 0 saturated carbocycles. The molecule has 1 saturated heterocycles. The Balaban J connectivity index is 1.33. The average molecular weight is 803 g/mol. The summed E-state index contributed by atoms with van der Waals surface area (Å²) in [7, 11) is 2.23. The molecule has 1 aliphatic rings. The van der Waals surface area contributed by atoms with E-state index in [1.165, 1.54) is 9.26 Å². The van der Waals surface area contributed by atoms with Crippen LogP contribution in [0.25, 0.3) is 28.2 Å². The van der Waals surface area contributed by atoms with Crippen molar-refractivity contribution in [3.8, 4) is 17.1 Å². The summed E-state index contributed by atoms with van der Waals surface area (Å²) in [6.07, 6.45) is 4.75. The van der Waals surface area contributed by atoms with E-state index in [0.717, 1.165) is 83.9 Å². The van der Waals surface area contributed by atoms with Gasteiger partial charge in [0.2, 0.25) is 5.88 Å². The number of halogens is 1. The maximum atomic E-state index is 6.69. The summed E-state index contributed by atoms with van der Waals surface area (Å²) < 4.78 is 26.4. The molecular weight excluding hydrogens is 747 g/mol. The minimum Gasteiger partial charge on any atom is -0.473 e. The number of pyridine rings is 1. The molecule has 13 heteroatoms. The molecule has 0 N–H and O–H groups in total. The Morgan fingerprint density at radius 1 is 1.14 bits per heavy atom. The minimum atomic E-state index is -1.83. The van der Waals surface area contributed by atoms with Crippen molar-refractivity contribution in [2.45, 2.75) is 111 Å². The monoisotopic (exact) mass is 802 g/mol. The number of hydrogen-bond donors (Lipinski definition) is 0. The Morgan fingerprint density at radius 3 is 2.53 bits per heavy atom. The lowest BCUT2D eigenvalue weighted by Crippen LogP contribution is -2.41. The van der Waals surface area contributed by atoms with Crippen molar-refractivity contribution in [3.63, 3.8) is 0 Å². The van der Waals surface area contributed by atoms with Crippen LogP contribution in [0.4, 0.5) is 0 Å². The number of aromatic nitrogens is 7. The Hall–Kier alpha value is -2.59. The number of likely N-dealkylation sites (N-methyl/N-ethyl adjacent to an activating group) is 1. The van der Waals surface area contributed by atoms with Crippen molar-refractivity contribution in [1.29, 1.82) is 0 Å². The molecule has 0 radical (unpaired) electrons. The third kappa shape index (κ3) is 8.00. The number of rotatable bonds is 13. The van der Waals surface area contributed by atoms with Crippen molar-refractivity contribution >= 4 is 47.9 Å². The summed E-state index contributed by atoms with van der Waals surface area (Å²) in [5.41, 5.74) is 7.52. The zero-order valence-corrected chi connectivity index (χ0v) is 34.5. The topological polar surface area (TPSA) is 97.3 Å². The minimum absolute atomic E-state index is 0.0883. The van der Waals surface area contributed by atoms with Crippen LogP contribution in [0.2, 0.25) is 18.1 Å². The second-order valence-corrected chi connectivity index (χ2v) is 20.9. The number of hydrogen-bond acceptors (Lipinski definition) is 8. The number of nitrogens with zero attached hydrogens (tertiary/aromatic N) is 8. The van der Waals surface area contributed by atoms with E-state index >= 15 is 0 Å². The van der Waals surface area contributed by atoms with E-state index in [2.05, 4.69) is 99.6 Å². The van der Waals surface area contributed by atoms with Crippen molar-refractivity contribution in [1.82, 2.24) is 39.2 Å². The molecule has 5 heterocycles. The average Bonchev–Trinajstić information content (AvgIpc) is 3.63. The summed E-state index contributed by atoms with van der Waals surface area (Å²) in [5.74, 6) is 0.700. The van der Waals surface area contributed by atoms with Gasteiger partial charge in [0.1, 0.15) is 6.10 Å². The molecule has 0 spiro atoms. The van der Waals surface area contributed by atoms with Gasteiger partial charge in [0.15, 0.2) is 14.5 Å². The fraction of sp³-hybridized carbons (Fsp3) is 0.611. The van der Waals surface area contributed by atoms with Gasteiger partial charge >= 0.3 is 0 Å².